The van der Waals surface area contributed by atoms with Crippen molar-refractivity contribution < 1.29 is 8.42 Å². The van der Waals surface area contributed by atoms with Gasteiger partial charge in [0, 0.05) is 18.1 Å². The SMILES string of the molecule is CCN(Cc1ccccc1)S(=O)(=O)c1cc(C)c(Cl)cc1Cl. The van der Waals surface area contributed by atoms with Crippen LogP contribution in [0.4, 0.5) is 0 Å². The third-order valence-electron chi connectivity index (χ3n) is 3.39. The Morgan fingerprint density at radius 1 is 1.05 bits per heavy atom. The highest BCUT2D eigenvalue weighted by Crippen LogP contribution is 2.30. The lowest BCUT2D eigenvalue weighted by Crippen LogP contribution is -2.30. The maximum absolute atomic E-state index is 12.9. The molecule has 0 unspecified atom stereocenters. The monoisotopic (exact) mass is 357 g/mol. The summed E-state index contributed by atoms with van der Waals surface area (Å²) in [6.45, 7) is 4.22. The zero-order chi connectivity index (χ0) is 16.3. The molecule has 0 aliphatic heterocycles. The molecule has 2 aromatic rings. The number of sulfonamides is 1. The van der Waals surface area contributed by atoms with Gasteiger partial charge in [-0.1, -0.05) is 60.5 Å². The van der Waals surface area contributed by atoms with Gasteiger partial charge in [0.1, 0.15) is 4.90 Å². The fourth-order valence-corrected chi connectivity index (χ4v) is 4.37. The van der Waals surface area contributed by atoms with Gasteiger partial charge in [0.25, 0.3) is 0 Å². The average molecular weight is 358 g/mol. The normalized spacial score (nSPS) is 11.9. The van der Waals surface area contributed by atoms with E-state index in [1.165, 1.54) is 16.4 Å². The molecule has 0 bridgehead atoms. The number of halogens is 2. The van der Waals surface area contributed by atoms with Crippen molar-refractivity contribution in [2.24, 2.45) is 0 Å². The second-order valence-corrected chi connectivity index (χ2v) is 7.67. The summed E-state index contributed by atoms with van der Waals surface area (Å²) in [5, 5.41) is 0.595. The van der Waals surface area contributed by atoms with Crippen LogP contribution < -0.4 is 0 Å². The third-order valence-corrected chi connectivity index (χ3v) is 6.18. The van der Waals surface area contributed by atoms with Gasteiger partial charge in [0.2, 0.25) is 10.0 Å². The largest absolute Gasteiger partial charge is 0.244 e. The van der Waals surface area contributed by atoms with Gasteiger partial charge in [-0.2, -0.15) is 4.31 Å². The zero-order valence-corrected chi connectivity index (χ0v) is 14.7. The Balaban J connectivity index is 2.41. The first-order chi connectivity index (χ1) is 10.4. The number of benzene rings is 2. The Morgan fingerprint density at radius 3 is 2.27 bits per heavy atom. The van der Waals surface area contributed by atoms with Gasteiger partial charge in [-0.15, -0.1) is 0 Å². The summed E-state index contributed by atoms with van der Waals surface area (Å²) >= 11 is 12.1. The third kappa shape index (κ3) is 3.63. The maximum atomic E-state index is 12.9. The van der Waals surface area contributed by atoms with E-state index in [-0.39, 0.29) is 9.92 Å². The van der Waals surface area contributed by atoms with Gasteiger partial charge >= 0.3 is 0 Å². The van der Waals surface area contributed by atoms with Gasteiger partial charge < -0.3 is 0 Å². The number of hydrogen-bond acceptors (Lipinski definition) is 2. The molecule has 0 aromatic heterocycles. The minimum Gasteiger partial charge on any atom is -0.207 e. The van der Waals surface area contributed by atoms with Crippen LogP contribution >= 0.6 is 23.2 Å². The van der Waals surface area contributed by atoms with Crippen LogP contribution in [0.1, 0.15) is 18.1 Å². The quantitative estimate of drug-likeness (QED) is 0.789. The van der Waals surface area contributed by atoms with E-state index in [1.54, 1.807) is 13.8 Å². The minimum atomic E-state index is -3.68. The Kier molecular flexibility index (Phi) is 5.50. The second-order valence-electron chi connectivity index (χ2n) is 4.95. The summed E-state index contributed by atoms with van der Waals surface area (Å²) in [4.78, 5) is 0.0915. The molecular weight excluding hydrogens is 341 g/mol. The average Bonchev–Trinajstić information content (AvgIpc) is 2.49. The lowest BCUT2D eigenvalue weighted by molar-refractivity contribution is 0.423. The second kappa shape index (κ2) is 7.01. The molecule has 3 nitrogen and oxygen atoms in total. The van der Waals surface area contributed by atoms with Gasteiger partial charge in [0.05, 0.1) is 5.02 Å². The molecule has 0 amide bonds. The number of hydrogen-bond donors (Lipinski definition) is 0. The standard InChI is InChI=1S/C16H17Cl2NO2S/c1-3-19(11-13-7-5-4-6-8-13)22(20,21)16-9-12(2)14(17)10-15(16)18/h4-10H,3,11H2,1-2H3. The topological polar surface area (TPSA) is 37.4 Å². The lowest BCUT2D eigenvalue weighted by atomic mass is 10.2. The van der Waals surface area contributed by atoms with Crippen molar-refractivity contribution in [2.75, 3.05) is 6.54 Å². The first-order valence-corrected chi connectivity index (χ1v) is 9.05. The molecule has 0 saturated heterocycles. The molecule has 0 aliphatic rings. The highest BCUT2D eigenvalue weighted by Gasteiger charge is 2.26. The molecule has 0 saturated carbocycles. The van der Waals surface area contributed by atoms with Gasteiger partial charge in [0.15, 0.2) is 0 Å². The molecule has 2 aromatic carbocycles. The van der Waals surface area contributed by atoms with Crippen molar-refractivity contribution in [3.63, 3.8) is 0 Å². The van der Waals surface area contributed by atoms with Crippen molar-refractivity contribution in [3.05, 3.63) is 63.6 Å². The molecular formula is C16H17Cl2NO2S. The van der Waals surface area contributed by atoms with Crippen LogP contribution in [0.3, 0.4) is 0 Å². The first-order valence-electron chi connectivity index (χ1n) is 6.86. The zero-order valence-electron chi connectivity index (χ0n) is 12.4. The van der Waals surface area contributed by atoms with Crippen LogP contribution in [-0.4, -0.2) is 19.3 Å². The van der Waals surface area contributed by atoms with Gasteiger partial charge in [-0.05, 0) is 30.2 Å². The van der Waals surface area contributed by atoms with E-state index in [1.807, 2.05) is 30.3 Å². The highest BCUT2D eigenvalue weighted by molar-refractivity contribution is 7.89. The Morgan fingerprint density at radius 2 is 1.68 bits per heavy atom. The highest BCUT2D eigenvalue weighted by atomic mass is 35.5. The summed E-state index contributed by atoms with van der Waals surface area (Å²) in [5.74, 6) is 0. The van der Waals surface area contributed by atoms with Crippen molar-refractivity contribution in [3.8, 4) is 0 Å². The molecule has 0 heterocycles. The van der Waals surface area contributed by atoms with E-state index < -0.39 is 10.0 Å². The molecule has 0 N–H and O–H groups in total. The molecule has 0 spiro atoms. The van der Waals surface area contributed by atoms with E-state index in [2.05, 4.69) is 0 Å². The summed E-state index contributed by atoms with van der Waals surface area (Å²) in [6, 6.07) is 12.5. The van der Waals surface area contributed by atoms with Crippen molar-refractivity contribution in [1.82, 2.24) is 4.31 Å². The Labute approximate surface area is 141 Å². The molecule has 0 aliphatic carbocycles. The van der Waals surface area contributed by atoms with Gasteiger partial charge in [-0.3, -0.25) is 0 Å². The van der Waals surface area contributed by atoms with E-state index in [9.17, 15) is 8.42 Å². The van der Waals surface area contributed by atoms with Gasteiger partial charge in [-0.25, -0.2) is 8.42 Å². The fourth-order valence-electron chi connectivity index (χ4n) is 2.12. The molecule has 6 heteroatoms. The van der Waals surface area contributed by atoms with Crippen molar-refractivity contribution in [2.45, 2.75) is 25.3 Å². The maximum Gasteiger partial charge on any atom is 0.244 e. The number of aryl methyl sites for hydroxylation is 1. The van der Waals surface area contributed by atoms with Crippen LogP contribution in [0, 0.1) is 6.92 Å². The first kappa shape index (κ1) is 17.3. The van der Waals surface area contributed by atoms with Crippen molar-refractivity contribution in [1.29, 1.82) is 0 Å². The fraction of sp³-hybridized carbons (Fsp3) is 0.250. The van der Waals surface area contributed by atoms with Crippen LogP contribution in [0.2, 0.25) is 10.0 Å². The summed E-state index contributed by atoms with van der Waals surface area (Å²) < 4.78 is 27.1. The van der Waals surface area contributed by atoms with Crippen molar-refractivity contribution >= 4 is 33.2 Å². The predicted molar refractivity (Wildman–Crippen MR) is 90.9 cm³/mol. The van der Waals surface area contributed by atoms with Crippen LogP contribution in [0.25, 0.3) is 0 Å². The molecule has 118 valence electrons. The number of rotatable bonds is 5. The predicted octanol–water partition coefficient (Wildman–Crippen LogP) is 4.51. The minimum absolute atomic E-state index is 0.0915. The summed E-state index contributed by atoms with van der Waals surface area (Å²) in [5.41, 5.74) is 1.61. The molecule has 0 radical (unpaired) electrons. The van der Waals surface area contributed by atoms with E-state index >= 15 is 0 Å². The van der Waals surface area contributed by atoms with E-state index in [0.29, 0.717) is 23.7 Å². The van der Waals surface area contributed by atoms with E-state index in [0.717, 1.165) is 5.56 Å². The summed E-state index contributed by atoms with van der Waals surface area (Å²) in [6.07, 6.45) is 0. The molecule has 22 heavy (non-hydrogen) atoms. The van der Waals surface area contributed by atoms with Crippen LogP contribution in [0.5, 0.6) is 0 Å². The van der Waals surface area contributed by atoms with E-state index in [4.69, 9.17) is 23.2 Å². The number of nitrogens with zero attached hydrogens (tertiary/aromatic N) is 1. The lowest BCUT2D eigenvalue weighted by Gasteiger charge is -2.21. The Hall–Kier alpha value is -1.07. The smallest absolute Gasteiger partial charge is 0.207 e. The molecule has 0 fully saturated rings. The molecule has 0 atom stereocenters. The summed E-state index contributed by atoms with van der Waals surface area (Å²) in [7, 11) is -3.68. The van der Waals surface area contributed by atoms with Crippen LogP contribution in [0.15, 0.2) is 47.4 Å². The molecule has 2 rings (SSSR count). The Bertz CT molecular complexity index is 761. The van der Waals surface area contributed by atoms with Crippen LogP contribution in [-0.2, 0) is 16.6 Å².